The van der Waals surface area contributed by atoms with E-state index >= 15 is 0 Å². The molecule has 2 atom stereocenters. The molecule has 5 nitrogen and oxygen atoms in total. The van der Waals surface area contributed by atoms with Crippen molar-refractivity contribution in [2.75, 3.05) is 5.83 Å². The third kappa shape index (κ3) is 17.7. The van der Waals surface area contributed by atoms with Crippen LogP contribution in [0.3, 0.4) is 0 Å². The molecule has 0 radical (unpaired) electrons. The quantitative estimate of drug-likeness (QED) is 0.560. The van der Waals surface area contributed by atoms with Crippen LogP contribution in [0.25, 0.3) is 0 Å². The highest BCUT2D eigenvalue weighted by Gasteiger charge is 2.31. The van der Waals surface area contributed by atoms with Crippen molar-refractivity contribution in [2.24, 2.45) is 0 Å². The van der Waals surface area contributed by atoms with Gasteiger partial charge in [0.05, 0.1) is 0 Å². The minimum atomic E-state index is -2.92. The molecule has 0 saturated heterocycles. The van der Waals surface area contributed by atoms with Gasteiger partial charge in [0, 0.05) is 9.13 Å². The lowest BCUT2D eigenvalue weighted by Crippen LogP contribution is -1.58. The Bertz CT molecular complexity index is 91.1. The first-order chi connectivity index (χ1) is 4.13. The van der Waals surface area contributed by atoms with Gasteiger partial charge in [-0.05, 0) is 5.83 Å². The zero-order valence-electron chi connectivity index (χ0n) is 4.39. The van der Waals surface area contributed by atoms with Crippen molar-refractivity contribution in [1.82, 2.24) is 0 Å². The first-order valence-electron chi connectivity index (χ1n) is 1.51. The maximum atomic E-state index is 9.39. The van der Waals surface area contributed by atoms with Crippen molar-refractivity contribution in [3.05, 3.63) is 0 Å². The predicted molar refractivity (Wildman–Crippen MR) is 35.6 cm³/mol. The molecule has 0 aliphatic heterocycles. The lowest BCUT2D eigenvalue weighted by atomic mass is 12.0. The fourth-order valence-electron chi connectivity index (χ4n) is 0.0598. The minimum Gasteiger partial charge on any atom is -0.131 e. The molecule has 0 aromatic carbocycles. The van der Waals surface area contributed by atoms with Gasteiger partial charge in [0.2, 0.25) is 0 Å². The number of hydrogen-bond acceptors (Lipinski definition) is 3. The second kappa shape index (κ2) is 8.56. The molecule has 0 saturated carbocycles. The molecule has 9 heavy (non-hydrogen) atoms. The topological polar surface area (TPSA) is 83.8 Å². The van der Waals surface area contributed by atoms with Crippen LogP contribution in [0.4, 0.5) is 0 Å². The maximum absolute atomic E-state index is 9.39. The summed E-state index contributed by atoms with van der Waals surface area (Å²) in [7, 11) is -5.85. The lowest BCUT2D eigenvalue weighted by molar-refractivity contribution is 0.371. The molecule has 0 aromatic heterocycles. The van der Waals surface area contributed by atoms with Gasteiger partial charge in [-0.2, -0.15) is 0 Å². The van der Waals surface area contributed by atoms with Crippen molar-refractivity contribution < 1.29 is 23.2 Å². The van der Waals surface area contributed by atoms with Gasteiger partial charge in [0.25, 0.3) is 0 Å². The molecule has 0 heterocycles. The van der Waals surface area contributed by atoms with Crippen LogP contribution in [0.15, 0.2) is 0 Å². The van der Waals surface area contributed by atoms with E-state index in [4.69, 9.17) is 9.79 Å². The van der Waals surface area contributed by atoms with Crippen LogP contribution in [-0.4, -0.2) is 15.6 Å². The van der Waals surface area contributed by atoms with Gasteiger partial charge in [-0.1, -0.05) is 15.9 Å². The van der Waals surface area contributed by atoms with E-state index in [-0.39, 0.29) is 0 Å². The van der Waals surface area contributed by atoms with Crippen LogP contribution in [0.5, 0.6) is 0 Å². The van der Waals surface area contributed by atoms with Crippen LogP contribution in [0, 0.1) is 0 Å². The van der Waals surface area contributed by atoms with Gasteiger partial charge in [-0.15, -0.1) is 9.79 Å². The van der Waals surface area contributed by atoms with Crippen molar-refractivity contribution in [3.63, 3.8) is 0 Å². The summed E-state index contributed by atoms with van der Waals surface area (Å²) in [6.45, 7) is 0. The summed E-state index contributed by atoms with van der Waals surface area (Å²) in [5, 5.41) is 0. The minimum absolute atomic E-state index is 1.81. The summed E-state index contributed by atoms with van der Waals surface area (Å²) in [6.07, 6.45) is 0. The Labute approximate surface area is 62.1 Å². The van der Waals surface area contributed by atoms with Crippen LogP contribution in [-0.2, 0) is 13.4 Å². The Hall–Kier alpha value is 0.560. The zero-order valence-corrected chi connectivity index (χ0v) is 7.77. The largest absolute Gasteiger partial charge is 0.745 e. The summed E-state index contributed by atoms with van der Waals surface area (Å²) < 4.78 is 22.2. The molecular weight excluding hydrogens is 234 g/mol. The average molecular weight is 239 g/mol. The summed E-state index contributed by atoms with van der Waals surface area (Å²) in [5.74, 6) is 1.81. The van der Waals surface area contributed by atoms with Crippen LogP contribution in [0.1, 0.15) is 0 Å². The molecule has 0 aliphatic rings. The highest BCUT2D eigenvalue weighted by Crippen LogP contribution is 2.30. The normalized spacial score (nSPS) is 11.1. The van der Waals surface area contributed by atoms with Crippen LogP contribution in [0.2, 0.25) is 0 Å². The fourth-order valence-corrected chi connectivity index (χ4v) is 0.538. The highest BCUT2D eigenvalue weighted by molar-refractivity contribution is 9.08. The summed E-state index contributed by atoms with van der Waals surface area (Å²) in [5.41, 5.74) is 0. The van der Waals surface area contributed by atoms with E-state index in [9.17, 15) is 9.13 Å². The smallest absolute Gasteiger partial charge is 0.131 e. The number of hydrogen-bond donors (Lipinski definition) is 2. The predicted octanol–water partition coefficient (Wildman–Crippen LogP) is 1.31. The van der Waals surface area contributed by atoms with Crippen molar-refractivity contribution in [3.8, 4) is 0 Å². The number of halogens is 1. The molecule has 8 heteroatoms. The van der Waals surface area contributed by atoms with E-state index in [0.717, 1.165) is 0 Å². The summed E-state index contributed by atoms with van der Waals surface area (Å²) in [6, 6.07) is 0. The van der Waals surface area contributed by atoms with Crippen molar-refractivity contribution >= 4 is 32.4 Å². The first-order valence-corrected chi connectivity index (χ1v) is 5.35. The van der Waals surface area contributed by atoms with Gasteiger partial charge < -0.3 is 0 Å². The second-order valence-corrected chi connectivity index (χ2v) is 2.16. The van der Waals surface area contributed by atoms with E-state index in [1.165, 1.54) is 0 Å². The molecule has 0 spiro atoms. The Morgan fingerprint density at radius 2 is 1.44 bits per heavy atom. The molecule has 54 valence electrons. The second-order valence-electron chi connectivity index (χ2n) is 0.557. The molecule has 0 fully saturated rings. The fraction of sp³-hybridized carbons (Fsp3) is 1.00. The SMILES string of the molecule is CBr.O=[P+](O)O[P+](=O)O. The van der Waals surface area contributed by atoms with Crippen molar-refractivity contribution in [2.45, 2.75) is 0 Å². The number of rotatable bonds is 2. The van der Waals surface area contributed by atoms with Gasteiger partial charge in [-0.3, -0.25) is 0 Å². The Balaban J connectivity index is 0. The van der Waals surface area contributed by atoms with Gasteiger partial charge in [0.1, 0.15) is 0 Å². The molecule has 0 aromatic rings. The van der Waals surface area contributed by atoms with Gasteiger partial charge in [0.15, 0.2) is 4.31 Å². The monoisotopic (exact) mass is 238 g/mol. The molecule has 0 amide bonds. The molecular formula is CH5BrO5P2+2. The molecule has 0 aliphatic carbocycles. The van der Waals surface area contributed by atoms with E-state index in [1.807, 2.05) is 5.83 Å². The summed E-state index contributed by atoms with van der Waals surface area (Å²) >= 11 is 2.94. The third-order valence-electron chi connectivity index (χ3n) is 0.140. The Morgan fingerprint density at radius 3 is 1.44 bits per heavy atom. The number of alkyl halides is 1. The van der Waals surface area contributed by atoms with Crippen LogP contribution < -0.4 is 0 Å². The van der Waals surface area contributed by atoms with Crippen LogP contribution >= 0.6 is 32.4 Å². The van der Waals surface area contributed by atoms with E-state index in [0.29, 0.717) is 0 Å². The molecule has 2 N–H and O–H groups in total. The maximum Gasteiger partial charge on any atom is 0.745 e. The molecule has 0 bridgehead atoms. The summed E-state index contributed by atoms with van der Waals surface area (Å²) in [4.78, 5) is 15.3. The first kappa shape index (κ1) is 12.3. The Morgan fingerprint density at radius 1 is 1.22 bits per heavy atom. The van der Waals surface area contributed by atoms with Crippen molar-refractivity contribution in [1.29, 1.82) is 0 Å². The average Bonchev–Trinajstić information content (AvgIpc) is 1.68. The van der Waals surface area contributed by atoms with Gasteiger partial charge >= 0.3 is 16.5 Å². The molecule has 2 unspecified atom stereocenters. The highest BCUT2D eigenvalue weighted by atomic mass is 79.9. The zero-order chi connectivity index (χ0) is 7.86. The van der Waals surface area contributed by atoms with E-state index < -0.39 is 16.5 Å². The standard InChI is InChI=1S/CH3Br.O5P2/c1-2;1-6(2)5-7(3)4/h1H3;/p+2. The van der Waals surface area contributed by atoms with E-state index in [1.54, 1.807) is 0 Å². The Kier molecular flexibility index (Phi) is 11.7. The third-order valence-corrected chi connectivity index (χ3v) is 1.26. The lowest BCUT2D eigenvalue weighted by Gasteiger charge is -1.50. The van der Waals surface area contributed by atoms with Gasteiger partial charge in [-0.25, -0.2) is 0 Å². The van der Waals surface area contributed by atoms with E-state index in [2.05, 4.69) is 20.2 Å². The molecule has 0 rings (SSSR count).